The molecule has 0 unspecified atom stereocenters. The molecule has 1 aromatic heterocycles. The highest BCUT2D eigenvalue weighted by atomic mass is 16.4. The van der Waals surface area contributed by atoms with Gasteiger partial charge in [-0.15, -0.1) is 0 Å². The lowest BCUT2D eigenvalue weighted by Crippen LogP contribution is -2.26. The fraction of sp³-hybridized carbons (Fsp3) is 0.429. The van der Waals surface area contributed by atoms with Crippen LogP contribution in [-0.4, -0.2) is 20.2 Å². The summed E-state index contributed by atoms with van der Waals surface area (Å²) in [6.07, 6.45) is 0.386. The second-order valence-electron chi connectivity index (χ2n) is 5.55. The Balaban J connectivity index is 2.66. The summed E-state index contributed by atoms with van der Waals surface area (Å²) >= 11 is 0. The summed E-state index contributed by atoms with van der Waals surface area (Å²) in [7, 11) is 3.43. The SMILES string of the molecule is Cn1c(=O)n(C)c2c(CC(C)(C)C(=O)O)cccc21. The van der Waals surface area contributed by atoms with E-state index in [-0.39, 0.29) is 5.69 Å². The minimum atomic E-state index is -0.861. The van der Waals surface area contributed by atoms with Gasteiger partial charge in [0.25, 0.3) is 0 Å². The van der Waals surface area contributed by atoms with E-state index in [0.29, 0.717) is 6.42 Å². The molecule has 5 nitrogen and oxygen atoms in total. The number of carbonyl (C=O) groups is 1. The van der Waals surface area contributed by atoms with Crippen molar-refractivity contribution >= 4 is 17.0 Å². The third-order valence-corrected chi connectivity index (χ3v) is 3.58. The van der Waals surface area contributed by atoms with Crippen molar-refractivity contribution < 1.29 is 9.90 Å². The minimum Gasteiger partial charge on any atom is -0.481 e. The van der Waals surface area contributed by atoms with Gasteiger partial charge in [-0.3, -0.25) is 13.9 Å². The van der Waals surface area contributed by atoms with Crippen LogP contribution in [0.3, 0.4) is 0 Å². The van der Waals surface area contributed by atoms with Gasteiger partial charge in [0, 0.05) is 14.1 Å². The van der Waals surface area contributed by atoms with Gasteiger partial charge in [0.2, 0.25) is 0 Å². The van der Waals surface area contributed by atoms with Gasteiger partial charge in [0.1, 0.15) is 0 Å². The number of fused-ring (bicyclic) bond motifs is 1. The molecule has 0 radical (unpaired) electrons. The molecular formula is C14H18N2O3. The van der Waals surface area contributed by atoms with Gasteiger partial charge in [-0.25, -0.2) is 4.79 Å². The van der Waals surface area contributed by atoms with Gasteiger partial charge in [0.05, 0.1) is 16.4 Å². The second-order valence-corrected chi connectivity index (χ2v) is 5.55. The predicted octanol–water partition coefficient (Wildman–Crippen LogP) is 1.53. The first-order valence-electron chi connectivity index (χ1n) is 6.12. The zero-order chi connectivity index (χ0) is 14.4. The normalized spacial score (nSPS) is 12.0. The van der Waals surface area contributed by atoms with Crippen LogP contribution in [0.15, 0.2) is 23.0 Å². The van der Waals surface area contributed by atoms with Gasteiger partial charge in [-0.1, -0.05) is 12.1 Å². The number of carboxylic acid groups (broad SMARTS) is 1. The number of imidazole rings is 1. The molecule has 1 heterocycles. The largest absolute Gasteiger partial charge is 0.481 e. The number of carboxylic acids is 1. The van der Waals surface area contributed by atoms with E-state index in [0.717, 1.165) is 16.6 Å². The molecule has 0 saturated carbocycles. The lowest BCUT2D eigenvalue weighted by molar-refractivity contribution is -0.146. The Kier molecular flexibility index (Phi) is 3.00. The first-order chi connectivity index (χ1) is 8.75. The predicted molar refractivity (Wildman–Crippen MR) is 73.3 cm³/mol. The average molecular weight is 262 g/mol. The van der Waals surface area contributed by atoms with E-state index in [1.165, 1.54) is 0 Å². The molecule has 5 heteroatoms. The topological polar surface area (TPSA) is 64.2 Å². The van der Waals surface area contributed by atoms with Crippen LogP contribution in [-0.2, 0) is 25.3 Å². The summed E-state index contributed by atoms with van der Waals surface area (Å²) in [6, 6.07) is 5.61. The van der Waals surface area contributed by atoms with Crippen molar-refractivity contribution in [1.82, 2.24) is 9.13 Å². The Hall–Kier alpha value is -2.04. The maximum atomic E-state index is 11.9. The number of aryl methyl sites for hydroxylation is 2. The summed E-state index contributed by atoms with van der Waals surface area (Å²) in [5, 5.41) is 9.23. The van der Waals surface area contributed by atoms with E-state index in [9.17, 15) is 14.7 Å². The van der Waals surface area contributed by atoms with Crippen molar-refractivity contribution in [3.05, 3.63) is 34.2 Å². The summed E-state index contributed by atoms with van der Waals surface area (Å²) < 4.78 is 3.15. The van der Waals surface area contributed by atoms with E-state index in [1.807, 2.05) is 18.2 Å². The lowest BCUT2D eigenvalue weighted by Gasteiger charge is -2.19. The molecule has 0 aliphatic heterocycles. The zero-order valence-corrected chi connectivity index (χ0v) is 11.6. The van der Waals surface area contributed by atoms with Crippen molar-refractivity contribution in [3.63, 3.8) is 0 Å². The third kappa shape index (κ3) is 2.05. The Morgan fingerprint density at radius 3 is 2.47 bits per heavy atom. The highest BCUT2D eigenvalue weighted by Gasteiger charge is 2.28. The van der Waals surface area contributed by atoms with Crippen LogP contribution in [0.4, 0.5) is 0 Å². The van der Waals surface area contributed by atoms with Crippen LogP contribution in [0, 0.1) is 5.41 Å². The van der Waals surface area contributed by atoms with Gasteiger partial charge in [-0.05, 0) is 31.9 Å². The molecule has 0 saturated heterocycles. The van der Waals surface area contributed by atoms with Crippen LogP contribution >= 0.6 is 0 Å². The van der Waals surface area contributed by atoms with Crippen molar-refractivity contribution in [3.8, 4) is 0 Å². The lowest BCUT2D eigenvalue weighted by atomic mass is 9.85. The standard InChI is InChI=1S/C14H18N2O3/c1-14(2,12(17)18)8-9-6-5-7-10-11(9)16(4)13(19)15(10)3/h5-7H,8H2,1-4H3,(H,17,18). The van der Waals surface area contributed by atoms with Gasteiger partial charge in [-0.2, -0.15) is 0 Å². The monoisotopic (exact) mass is 262 g/mol. The molecule has 1 N–H and O–H groups in total. The van der Waals surface area contributed by atoms with E-state index in [1.54, 1.807) is 37.1 Å². The molecule has 0 spiro atoms. The average Bonchev–Trinajstić information content (AvgIpc) is 2.55. The summed E-state index contributed by atoms with van der Waals surface area (Å²) in [6.45, 7) is 3.38. The number of rotatable bonds is 3. The summed E-state index contributed by atoms with van der Waals surface area (Å²) in [5.74, 6) is -0.842. The van der Waals surface area contributed by atoms with Crippen molar-refractivity contribution in [2.45, 2.75) is 20.3 Å². The van der Waals surface area contributed by atoms with Crippen LogP contribution in [0.1, 0.15) is 19.4 Å². The quantitative estimate of drug-likeness (QED) is 0.912. The zero-order valence-electron chi connectivity index (χ0n) is 11.6. The molecule has 0 aliphatic carbocycles. The molecule has 2 rings (SSSR count). The molecule has 0 fully saturated rings. The van der Waals surface area contributed by atoms with Crippen molar-refractivity contribution in [1.29, 1.82) is 0 Å². The van der Waals surface area contributed by atoms with Crippen LogP contribution in [0.5, 0.6) is 0 Å². The first kappa shape index (κ1) is 13.4. The number of benzene rings is 1. The Morgan fingerprint density at radius 1 is 1.26 bits per heavy atom. The number of hydrogen-bond acceptors (Lipinski definition) is 2. The molecule has 2 aromatic rings. The number of para-hydroxylation sites is 1. The van der Waals surface area contributed by atoms with E-state index in [4.69, 9.17) is 0 Å². The molecule has 0 amide bonds. The molecule has 0 aliphatic rings. The Labute approximate surface area is 111 Å². The van der Waals surface area contributed by atoms with Crippen LogP contribution in [0.25, 0.3) is 11.0 Å². The van der Waals surface area contributed by atoms with E-state index >= 15 is 0 Å². The number of aromatic nitrogens is 2. The Bertz CT molecular complexity index is 707. The molecule has 102 valence electrons. The van der Waals surface area contributed by atoms with Crippen molar-refractivity contribution in [2.24, 2.45) is 19.5 Å². The van der Waals surface area contributed by atoms with Gasteiger partial charge in [0.15, 0.2) is 0 Å². The number of hydrogen-bond donors (Lipinski definition) is 1. The molecule has 19 heavy (non-hydrogen) atoms. The van der Waals surface area contributed by atoms with Crippen LogP contribution in [0.2, 0.25) is 0 Å². The first-order valence-corrected chi connectivity index (χ1v) is 6.12. The highest BCUT2D eigenvalue weighted by molar-refractivity contribution is 5.81. The highest BCUT2D eigenvalue weighted by Crippen LogP contribution is 2.26. The third-order valence-electron chi connectivity index (χ3n) is 3.58. The van der Waals surface area contributed by atoms with Gasteiger partial charge >= 0.3 is 11.7 Å². The second kappa shape index (κ2) is 4.26. The number of nitrogens with zero attached hydrogens (tertiary/aromatic N) is 2. The molecule has 1 aromatic carbocycles. The van der Waals surface area contributed by atoms with Crippen LogP contribution < -0.4 is 5.69 Å². The summed E-state index contributed by atoms with van der Waals surface area (Å²) in [5.41, 5.74) is 1.55. The maximum absolute atomic E-state index is 11.9. The fourth-order valence-electron chi connectivity index (χ4n) is 2.35. The molecular weight excluding hydrogens is 244 g/mol. The van der Waals surface area contributed by atoms with E-state index < -0.39 is 11.4 Å². The Morgan fingerprint density at radius 2 is 1.89 bits per heavy atom. The minimum absolute atomic E-state index is 0.101. The smallest absolute Gasteiger partial charge is 0.328 e. The molecule has 0 bridgehead atoms. The van der Waals surface area contributed by atoms with Gasteiger partial charge < -0.3 is 5.11 Å². The summed E-state index contributed by atoms with van der Waals surface area (Å²) in [4.78, 5) is 23.2. The number of aliphatic carboxylic acids is 1. The van der Waals surface area contributed by atoms with Crippen molar-refractivity contribution in [2.75, 3.05) is 0 Å². The van der Waals surface area contributed by atoms with E-state index in [2.05, 4.69) is 0 Å². The molecule has 0 atom stereocenters. The fourth-order valence-corrected chi connectivity index (χ4v) is 2.35. The maximum Gasteiger partial charge on any atom is 0.328 e.